The first-order chi connectivity index (χ1) is 13.9. The third-order valence-electron chi connectivity index (χ3n) is 4.69. The average Bonchev–Trinajstić information content (AvgIpc) is 2.66. The van der Waals surface area contributed by atoms with Crippen molar-refractivity contribution < 1.29 is 27.4 Å². The fourth-order valence-corrected chi connectivity index (χ4v) is 3.19. The van der Waals surface area contributed by atoms with Gasteiger partial charge in [-0.25, -0.2) is 14.4 Å². The zero-order chi connectivity index (χ0) is 22.2. The van der Waals surface area contributed by atoms with E-state index in [9.17, 15) is 18.3 Å². The van der Waals surface area contributed by atoms with Gasteiger partial charge in [-0.3, -0.25) is 4.98 Å². The second kappa shape index (κ2) is 7.64. The van der Waals surface area contributed by atoms with Gasteiger partial charge in [-0.2, -0.15) is 0 Å². The Morgan fingerprint density at radius 3 is 2.10 bits per heavy atom. The summed E-state index contributed by atoms with van der Waals surface area (Å²) in [7, 11) is 0. The lowest BCUT2D eigenvalue weighted by molar-refractivity contribution is -0.274. The minimum atomic E-state index is -4.82. The maximum absolute atomic E-state index is 15.1. The van der Waals surface area contributed by atoms with Crippen LogP contribution in [0.5, 0.6) is 5.75 Å². The van der Waals surface area contributed by atoms with E-state index in [0.29, 0.717) is 11.1 Å². The number of hydrogen-bond donors (Lipinski definition) is 1. The molecule has 0 aliphatic carbocycles. The van der Waals surface area contributed by atoms with Gasteiger partial charge in [0.2, 0.25) is 0 Å². The van der Waals surface area contributed by atoms with Gasteiger partial charge in [0.25, 0.3) is 0 Å². The second-order valence-corrected chi connectivity index (χ2v) is 7.71. The summed E-state index contributed by atoms with van der Waals surface area (Å²) in [5, 5.41) is 11.5. The van der Waals surface area contributed by atoms with Gasteiger partial charge in [-0.1, -0.05) is 32.9 Å². The molecule has 5 nitrogen and oxygen atoms in total. The highest BCUT2D eigenvalue weighted by molar-refractivity contribution is 5.61. The Morgan fingerprint density at radius 1 is 0.933 bits per heavy atom. The van der Waals surface area contributed by atoms with Crippen molar-refractivity contribution in [3.05, 3.63) is 72.2 Å². The minimum Gasteiger partial charge on any atom is -0.404 e. The molecule has 1 N–H and O–H groups in total. The Kier molecular flexibility index (Phi) is 5.51. The van der Waals surface area contributed by atoms with Crippen LogP contribution >= 0.6 is 0 Å². The van der Waals surface area contributed by atoms with E-state index >= 15 is 4.39 Å². The number of aromatic nitrogens is 3. The molecule has 0 saturated carbocycles. The van der Waals surface area contributed by atoms with Crippen LogP contribution in [0.1, 0.15) is 31.9 Å². The topological polar surface area (TPSA) is 68.1 Å². The van der Waals surface area contributed by atoms with Crippen molar-refractivity contribution in [2.75, 3.05) is 0 Å². The smallest absolute Gasteiger partial charge is 0.404 e. The van der Waals surface area contributed by atoms with E-state index in [-0.39, 0.29) is 11.3 Å². The van der Waals surface area contributed by atoms with Crippen molar-refractivity contribution in [3.8, 4) is 17.0 Å². The van der Waals surface area contributed by atoms with Crippen molar-refractivity contribution in [1.82, 2.24) is 15.0 Å². The molecule has 0 fully saturated rings. The zero-order valence-electron chi connectivity index (χ0n) is 16.4. The Labute approximate surface area is 170 Å². The SMILES string of the molecule is CC(C)(C)C(O)(c1cncnc1)c1ccc(-c2ccc(OC(F)(F)F)cn2)cc1F. The van der Waals surface area contributed by atoms with Crippen molar-refractivity contribution in [2.24, 2.45) is 5.41 Å². The number of alkyl halides is 3. The van der Waals surface area contributed by atoms with E-state index in [1.54, 1.807) is 20.8 Å². The summed E-state index contributed by atoms with van der Waals surface area (Å²) >= 11 is 0. The molecule has 1 unspecified atom stereocenters. The molecule has 0 aliphatic rings. The first-order valence-electron chi connectivity index (χ1n) is 8.92. The molecule has 0 aliphatic heterocycles. The van der Waals surface area contributed by atoms with E-state index in [0.717, 1.165) is 12.3 Å². The van der Waals surface area contributed by atoms with Crippen LogP contribution in [-0.2, 0) is 5.60 Å². The summed E-state index contributed by atoms with van der Waals surface area (Å²) in [6, 6.07) is 6.50. The number of hydrogen-bond acceptors (Lipinski definition) is 5. The number of rotatable bonds is 4. The molecule has 0 spiro atoms. The molecule has 0 saturated heterocycles. The maximum Gasteiger partial charge on any atom is 0.573 e. The number of nitrogens with zero attached hydrogens (tertiary/aromatic N) is 3. The monoisotopic (exact) mass is 421 g/mol. The molecule has 3 aromatic rings. The molecule has 158 valence electrons. The number of benzene rings is 1. The first-order valence-corrected chi connectivity index (χ1v) is 8.92. The second-order valence-electron chi connectivity index (χ2n) is 7.71. The van der Waals surface area contributed by atoms with Crippen molar-refractivity contribution in [1.29, 1.82) is 0 Å². The van der Waals surface area contributed by atoms with Crippen LogP contribution in [0, 0.1) is 11.2 Å². The predicted octanol–water partition coefficient (Wildman–Crippen LogP) is 4.86. The van der Waals surface area contributed by atoms with Crippen LogP contribution < -0.4 is 4.74 Å². The number of halogens is 4. The molecule has 1 atom stereocenters. The molecule has 2 aromatic heterocycles. The Balaban J connectivity index is 2.00. The van der Waals surface area contributed by atoms with Gasteiger partial charge in [-0.15, -0.1) is 13.2 Å². The van der Waals surface area contributed by atoms with E-state index in [1.165, 1.54) is 43.0 Å². The van der Waals surface area contributed by atoms with E-state index in [4.69, 9.17) is 0 Å². The lowest BCUT2D eigenvalue weighted by atomic mass is 9.68. The van der Waals surface area contributed by atoms with E-state index in [1.807, 2.05) is 0 Å². The normalized spacial score (nSPS) is 14.3. The van der Waals surface area contributed by atoms with Crippen molar-refractivity contribution >= 4 is 0 Å². The van der Waals surface area contributed by atoms with Crippen LogP contribution in [0.3, 0.4) is 0 Å². The fourth-order valence-electron chi connectivity index (χ4n) is 3.19. The molecular weight excluding hydrogens is 402 g/mol. The van der Waals surface area contributed by atoms with Gasteiger partial charge in [0.15, 0.2) is 0 Å². The molecular formula is C21H19F4N3O2. The first kappa shape index (κ1) is 21.6. The number of ether oxygens (including phenoxy) is 1. The van der Waals surface area contributed by atoms with Gasteiger partial charge in [0.1, 0.15) is 23.5 Å². The molecule has 9 heteroatoms. The summed E-state index contributed by atoms with van der Waals surface area (Å²) in [4.78, 5) is 11.7. The molecule has 0 amide bonds. The maximum atomic E-state index is 15.1. The highest BCUT2D eigenvalue weighted by Gasteiger charge is 2.45. The predicted molar refractivity (Wildman–Crippen MR) is 101 cm³/mol. The molecule has 1 aromatic carbocycles. The van der Waals surface area contributed by atoms with Gasteiger partial charge in [0.05, 0.1) is 11.9 Å². The molecule has 3 rings (SSSR count). The molecule has 0 radical (unpaired) electrons. The van der Waals surface area contributed by atoms with Gasteiger partial charge < -0.3 is 9.84 Å². The van der Waals surface area contributed by atoms with Crippen LogP contribution in [0.25, 0.3) is 11.3 Å². The molecule has 30 heavy (non-hydrogen) atoms. The van der Waals surface area contributed by atoms with Gasteiger partial charge in [0, 0.05) is 29.1 Å². The van der Waals surface area contributed by atoms with Crippen LogP contribution in [-0.4, -0.2) is 26.4 Å². The standard InChI is InChI=1S/C21H19F4N3O2/c1-19(2,3)20(29,14-9-26-12-27-10-14)16-6-4-13(8-17(16)22)18-7-5-15(11-28-18)30-21(23,24)25/h4-12,29H,1-3H3. The summed E-state index contributed by atoms with van der Waals surface area (Å²) in [5.41, 5.74) is -1.61. The summed E-state index contributed by atoms with van der Waals surface area (Å²) < 4.78 is 55.8. The molecule has 0 bridgehead atoms. The minimum absolute atomic E-state index is 0.0191. The average molecular weight is 421 g/mol. The number of pyridine rings is 1. The highest BCUT2D eigenvalue weighted by Crippen LogP contribution is 2.45. The third kappa shape index (κ3) is 4.25. The van der Waals surface area contributed by atoms with Crippen LogP contribution in [0.2, 0.25) is 0 Å². The summed E-state index contributed by atoms with van der Waals surface area (Å²) in [5.74, 6) is -1.18. The third-order valence-corrected chi connectivity index (χ3v) is 4.69. The Hall–Kier alpha value is -3.07. The summed E-state index contributed by atoms with van der Waals surface area (Å²) in [6.45, 7) is 5.27. The van der Waals surface area contributed by atoms with E-state index in [2.05, 4.69) is 19.7 Å². The quantitative estimate of drug-likeness (QED) is 0.610. The van der Waals surface area contributed by atoms with E-state index < -0.39 is 28.9 Å². The van der Waals surface area contributed by atoms with Crippen LogP contribution in [0.15, 0.2) is 55.2 Å². The van der Waals surface area contributed by atoms with Gasteiger partial charge >= 0.3 is 6.36 Å². The highest BCUT2D eigenvalue weighted by atomic mass is 19.4. The van der Waals surface area contributed by atoms with Crippen LogP contribution in [0.4, 0.5) is 17.6 Å². The summed E-state index contributed by atoms with van der Waals surface area (Å²) in [6.07, 6.45) is 0.236. The van der Waals surface area contributed by atoms with Crippen molar-refractivity contribution in [2.45, 2.75) is 32.7 Å². The molecule has 2 heterocycles. The Morgan fingerprint density at radius 2 is 1.60 bits per heavy atom. The lowest BCUT2D eigenvalue weighted by Gasteiger charge is -2.41. The lowest BCUT2D eigenvalue weighted by Crippen LogP contribution is -2.42. The number of aliphatic hydroxyl groups is 1. The van der Waals surface area contributed by atoms with Gasteiger partial charge in [-0.05, 0) is 23.6 Å². The Bertz CT molecular complexity index is 1020. The zero-order valence-corrected chi connectivity index (χ0v) is 16.4. The fraction of sp³-hybridized carbons (Fsp3) is 0.286. The largest absolute Gasteiger partial charge is 0.573 e. The van der Waals surface area contributed by atoms with Crippen molar-refractivity contribution in [3.63, 3.8) is 0 Å².